The Kier molecular flexibility index (Phi) is 9.17. The first-order chi connectivity index (χ1) is 19.0. The number of nitrogens with zero attached hydrogens (tertiary/aromatic N) is 4. The van der Waals surface area contributed by atoms with E-state index in [1.54, 1.807) is 0 Å². The third-order valence-corrected chi connectivity index (χ3v) is 7.04. The van der Waals surface area contributed by atoms with Gasteiger partial charge in [0.05, 0.1) is 19.1 Å². The summed E-state index contributed by atoms with van der Waals surface area (Å²) in [7, 11) is 0. The highest BCUT2D eigenvalue weighted by Crippen LogP contribution is 2.42. The van der Waals surface area contributed by atoms with Crippen molar-refractivity contribution in [1.82, 2.24) is 19.1 Å². The van der Waals surface area contributed by atoms with E-state index >= 15 is 0 Å². The van der Waals surface area contributed by atoms with Gasteiger partial charge in [-0.1, -0.05) is 24.8 Å². The van der Waals surface area contributed by atoms with Crippen LogP contribution in [0.4, 0.5) is 11.6 Å². The van der Waals surface area contributed by atoms with Crippen molar-refractivity contribution >= 4 is 11.6 Å². The maximum atomic E-state index is 11.9. The summed E-state index contributed by atoms with van der Waals surface area (Å²) in [5.74, 6) is 3.61. The van der Waals surface area contributed by atoms with Crippen LogP contribution in [0, 0.1) is 36.5 Å². The second-order valence-corrected chi connectivity index (χ2v) is 9.26. The molecule has 2 fully saturated rings. The molecule has 0 radical (unpaired) electrons. The van der Waals surface area contributed by atoms with Crippen molar-refractivity contribution in [2.45, 2.75) is 49.2 Å². The van der Waals surface area contributed by atoms with Gasteiger partial charge in [0, 0.05) is 18.3 Å². The molecule has 8 N–H and O–H groups in total. The van der Waals surface area contributed by atoms with Gasteiger partial charge in [0.1, 0.15) is 36.3 Å². The van der Waals surface area contributed by atoms with Gasteiger partial charge >= 0.3 is 11.4 Å². The Morgan fingerprint density at radius 1 is 0.975 bits per heavy atom. The van der Waals surface area contributed by atoms with E-state index in [1.807, 2.05) is 6.92 Å². The molecule has 0 aromatic carbocycles. The number of hydrogen-bond acceptors (Lipinski definition) is 12. The number of aliphatic hydroxyl groups excluding tert-OH is 4. The van der Waals surface area contributed by atoms with Crippen LogP contribution >= 0.6 is 0 Å². The first-order valence-electron chi connectivity index (χ1n) is 12.2. The SMILES string of the molecule is C#C[C@]1(CO)O[C@@H](n2ccc(N)nc2=O)[C@@H](C=C)[C@@H]1O.C#C[C@]1(CO)O[C@@H](n2ccc(N)nc2=O)[C@@H](CC)[C@@H]1O. The van der Waals surface area contributed by atoms with Crippen LogP contribution in [0.1, 0.15) is 25.8 Å². The minimum atomic E-state index is -1.58. The largest absolute Gasteiger partial charge is 0.392 e. The summed E-state index contributed by atoms with van der Waals surface area (Å²) >= 11 is 0. The number of nitrogens with two attached hydrogens (primary N) is 2. The lowest BCUT2D eigenvalue weighted by molar-refractivity contribution is -0.0920. The topological polar surface area (TPSA) is 221 Å². The van der Waals surface area contributed by atoms with Crippen molar-refractivity contribution in [3.8, 4) is 24.7 Å². The number of hydrogen-bond donors (Lipinski definition) is 6. The van der Waals surface area contributed by atoms with Gasteiger partial charge in [-0.05, 0) is 18.6 Å². The van der Waals surface area contributed by atoms with E-state index in [4.69, 9.17) is 33.8 Å². The van der Waals surface area contributed by atoms with Gasteiger partial charge in [0.2, 0.25) is 0 Å². The predicted octanol–water partition coefficient (Wildman–Crippen LogP) is -2.01. The number of anilines is 2. The van der Waals surface area contributed by atoms with E-state index in [-0.39, 0.29) is 11.6 Å². The fraction of sp³-hybridized carbons (Fsp3) is 0.462. The van der Waals surface area contributed by atoms with Crippen LogP contribution < -0.4 is 22.8 Å². The minimum Gasteiger partial charge on any atom is -0.392 e. The average Bonchev–Trinajstić information content (AvgIpc) is 3.39. The molecule has 2 saturated heterocycles. The summed E-state index contributed by atoms with van der Waals surface area (Å²) in [6, 6.07) is 2.88. The molecule has 0 bridgehead atoms. The van der Waals surface area contributed by atoms with Gasteiger partial charge in [-0.2, -0.15) is 9.97 Å². The molecule has 0 amide bonds. The van der Waals surface area contributed by atoms with Gasteiger partial charge in [-0.15, -0.1) is 19.4 Å². The summed E-state index contributed by atoms with van der Waals surface area (Å²) in [5.41, 5.74) is 6.54. The smallest absolute Gasteiger partial charge is 0.351 e. The molecule has 2 aromatic rings. The fourth-order valence-corrected chi connectivity index (χ4v) is 4.71. The summed E-state index contributed by atoms with van der Waals surface area (Å²) < 4.78 is 13.5. The number of aliphatic hydroxyl groups is 4. The molecule has 4 rings (SSSR count). The Labute approximate surface area is 229 Å². The van der Waals surface area contributed by atoms with E-state index in [2.05, 4.69) is 28.4 Å². The van der Waals surface area contributed by atoms with Crippen molar-refractivity contribution in [3.63, 3.8) is 0 Å². The summed E-state index contributed by atoms with van der Waals surface area (Å²) in [6.07, 6.45) is 11.5. The molecule has 0 aliphatic carbocycles. The highest BCUT2D eigenvalue weighted by molar-refractivity contribution is 5.25. The molecule has 0 saturated carbocycles. The Bertz CT molecular complexity index is 1430. The Morgan fingerprint density at radius 2 is 1.43 bits per heavy atom. The molecule has 2 aromatic heterocycles. The summed E-state index contributed by atoms with van der Waals surface area (Å²) in [4.78, 5) is 30.9. The second kappa shape index (κ2) is 12.0. The number of ether oxygens (including phenoxy) is 2. The molecule has 14 nitrogen and oxygen atoms in total. The van der Waals surface area contributed by atoms with Crippen LogP contribution in [0.3, 0.4) is 0 Å². The zero-order valence-electron chi connectivity index (χ0n) is 21.7. The number of aromatic nitrogens is 4. The number of terminal acetylenes is 2. The van der Waals surface area contributed by atoms with Crippen molar-refractivity contribution in [3.05, 3.63) is 58.1 Å². The molecule has 8 atom stereocenters. The quantitative estimate of drug-likeness (QED) is 0.168. The molecule has 2 aliphatic rings. The lowest BCUT2D eigenvalue weighted by Gasteiger charge is -2.24. The maximum Gasteiger partial charge on any atom is 0.351 e. The van der Waals surface area contributed by atoms with Gasteiger partial charge in [0.15, 0.2) is 11.2 Å². The van der Waals surface area contributed by atoms with Crippen molar-refractivity contribution in [1.29, 1.82) is 0 Å². The maximum absolute atomic E-state index is 11.9. The van der Waals surface area contributed by atoms with E-state index in [0.717, 1.165) is 4.57 Å². The van der Waals surface area contributed by atoms with E-state index in [9.17, 15) is 30.0 Å². The molecule has 40 heavy (non-hydrogen) atoms. The Balaban J connectivity index is 0.000000220. The summed E-state index contributed by atoms with van der Waals surface area (Å²) in [5, 5.41) is 39.3. The van der Waals surface area contributed by atoms with E-state index in [1.165, 1.54) is 35.2 Å². The zero-order valence-corrected chi connectivity index (χ0v) is 21.7. The zero-order chi connectivity index (χ0) is 29.8. The first-order valence-corrected chi connectivity index (χ1v) is 12.2. The van der Waals surface area contributed by atoms with Crippen molar-refractivity contribution in [2.75, 3.05) is 24.7 Å². The predicted molar refractivity (Wildman–Crippen MR) is 143 cm³/mol. The van der Waals surface area contributed by atoms with E-state index in [0.29, 0.717) is 6.42 Å². The second-order valence-electron chi connectivity index (χ2n) is 9.26. The van der Waals surface area contributed by atoms with Crippen LogP contribution in [0.5, 0.6) is 0 Å². The third-order valence-electron chi connectivity index (χ3n) is 7.04. The third kappa shape index (κ3) is 5.24. The molecule has 0 unspecified atom stereocenters. The standard InChI is InChI=1S/C13H17N3O4.C13H15N3O4/c2*1-3-8-10(18)13(4-2,7-17)20-11(8)16-6-5-9(14)15-12(16)19/h2,5-6,8,10-11,17-18H,3,7H2,1H3,(H2,14,15,19);2-3,5-6,8,10-11,17-18H,1,7H2,(H2,14,15,19)/t2*8-,10-,11+,13+/m00/s1. The van der Waals surface area contributed by atoms with Gasteiger partial charge in [-0.3, -0.25) is 9.13 Å². The highest BCUT2D eigenvalue weighted by atomic mass is 16.6. The van der Waals surface area contributed by atoms with E-state index < -0.39 is 72.3 Å². The van der Waals surface area contributed by atoms with Crippen LogP contribution in [0.15, 0.2) is 46.8 Å². The molecule has 14 heteroatoms. The summed E-state index contributed by atoms with van der Waals surface area (Å²) in [6.45, 7) is 4.32. The number of rotatable bonds is 6. The molecule has 214 valence electrons. The van der Waals surface area contributed by atoms with Gasteiger partial charge in [0.25, 0.3) is 0 Å². The lowest BCUT2D eigenvalue weighted by atomic mass is 9.89. The highest BCUT2D eigenvalue weighted by Gasteiger charge is 2.54. The normalized spacial score (nSPS) is 32.9. The van der Waals surface area contributed by atoms with Gasteiger partial charge in [-0.25, -0.2) is 9.59 Å². The Hall–Kier alpha value is -4.02. The fourth-order valence-electron chi connectivity index (χ4n) is 4.71. The van der Waals surface area contributed by atoms with Crippen LogP contribution in [-0.2, 0) is 9.47 Å². The van der Waals surface area contributed by atoms with Crippen LogP contribution in [0.25, 0.3) is 0 Å². The monoisotopic (exact) mass is 556 g/mol. The molecular weight excluding hydrogens is 524 g/mol. The van der Waals surface area contributed by atoms with Crippen LogP contribution in [0.2, 0.25) is 0 Å². The molecule has 4 heterocycles. The number of nitrogen functional groups attached to an aromatic ring is 2. The van der Waals surface area contributed by atoms with Crippen LogP contribution in [-0.4, -0.2) is 76.2 Å². The van der Waals surface area contributed by atoms with Crippen molar-refractivity contribution < 1.29 is 29.9 Å². The Morgan fingerprint density at radius 3 is 1.82 bits per heavy atom. The van der Waals surface area contributed by atoms with Crippen molar-refractivity contribution in [2.24, 2.45) is 11.8 Å². The minimum absolute atomic E-state index is 0.0744. The first kappa shape index (κ1) is 30.5. The lowest BCUT2D eigenvalue weighted by Crippen LogP contribution is -2.43. The van der Waals surface area contributed by atoms with Gasteiger partial charge < -0.3 is 41.4 Å². The average molecular weight is 557 g/mol. The molecule has 2 aliphatic heterocycles. The molecule has 0 spiro atoms. The molecular formula is C26H32N6O8.